The molecule has 0 bridgehead atoms. The number of halogens is 1. The first-order valence-corrected chi connectivity index (χ1v) is 13.4. The van der Waals surface area contributed by atoms with Crippen molar-refractivity contribution in [1.82, 2.24) is 25.1 Å². The lowest BCUT2D eigenvalue weighted by molar-refractivity contribution is -0.139. The van der Waals surface area contributed by atoms with Crippen molar-refractivity contribution < 1.29 is 14.0 Å². The molecule has 2 heterocycles. The molecule has 2 N–H and O–H groups in total. The fourth-order valence-corrected chi connectivity index (χ4v) is 6.08. The Kier molecular flexibility index (Phi) is 7.67. The number of hydrogen-bond acceptors (Lipinski definition) is 5. The van der Waals surface area contributed by atoms with Gasteiger partial charge in [-0.2, -0.15) is 0 Å². The van der Waals surface area contributed by atoms with Crippen LogP contribution in [-0.2, 0) is 18.3 Å². The van der Waals surface area contributed by atoms with Crippen molar-refractivity contribution in [2.45, 2.75) is 51.0 Å². The van der Waals surface area contributed by atoms with Crippen molar-refractivity contribution in [1.29, 1.82) is 0 Å². The summed E-state index contributed by atoms with van der Waals surface area (Å²) in [5.41, 5.74) is 8.43. The van der Waals surface area contributed by atoms with Crippen molar-refractivity contribution in [3.63, 3.8) is 0 Å². The van der Waals surface area contributed by atoms with Crippen molar-refractivity contribution in [3.8, 4) is 11.4 Å². The first-order valence-electron chi connectivity index (χ1n) is 13.4. The van der Waals surface area contributed by atoms with Crippen LogP contribution in [0, 0.1) is 17.7 Å². The Morgan fingerprint density at radius 3 is 2.61 bits per heavy atom. The average molecular weight is 520 g/mol. The topological polar surface area (TPSA) is 110 Å². The van der Waals surface area contributed by atoms with Crippen molar-refractivity contribution >= 4 is 17.6 Å². The normalized spacial score (nSPS) is 21.7. The van der Waals surface area contributed by atoms with E-state index in [0.717, 1.165) is 49.7 Å². The lowest BCUT2D eigenvalue weighted by Crippen LogP contribution is -2.54. The van der Waals surface area contributed by atoms with E-state index in [4.69, 9.17) is 5.73 Å². The van der Waals surface area contributed by atoms with Gasteiger partial charge in [0.15, 0.2) is 5.82 Å². The summed E-state index contributed by atoms with van der Waals surface area (Å²) in [6.07, 6.45) is 6.08. The zero-order valence-electron chi connectivity index (χ0n) is 21.7. The molecule has 3 aromatic rings. The molecule has 3 atom stereocenters. The van der Waals surface area contributed by atoms with Gasteiger partial charge in [0.1, 0.15) is 5.82 Å². The van der Waals surface area contributed by atoms with Crippen LogP contribution in [0.2, 0.25) is 0 Å². The number of likely N-dealkylation sites (tertiary alicyclic amines) is 1. The molecule has 3 amide bonds. The van der Waals surface area contributed by atoms with E-state index in [1.165, 1.54) is 12.1 Å². The molecule has 1 saturated carbocycles. The number of amides is 3. The molecule has 0 spiro atoms. The summed E-state index contributed by atoms with van der Waals surface area (Å²) in [6, 6.07) is 13.2. The second-order valence-corrected chi connectivity index (χ2v) is 10.5. The Balaban J connectivity index is 1.35. The summed E-state index contributed by atoms with van der Waals surface area (Å²) in [5.74, 6) is 0.437. The zero-order valence-corrected chi connectivity index (χ0v) is 21.7. The SMILES string of the molecule is Cn1nnnc1-c1cccc(N(C(N)=O)[C@@H]2CCCC[C@H]2C(=O)N2CCC[C@@H](Cc3ccc(F)cc3)C2)c1. The van der Waals surface area contributed by atoms with E-state index in [1.54, 1.807) is 16.6 Å². The zero-order chi connectivity index (χ0) is 26.6. The Hall–Kier alpha value is -3.82. The molecular weight excluding hydrogens is 485 g/mol. The standard InChI is InChI=1S/C28H34FN7O2/c1-34-26(31-32-33-34)21-7-4-8-23(17-21)36(28(30)38)25-10-3-2-9-24(25)27(37)35-15-5-6-20(18-35)16-19-11-13-22(29)14-12-19/h4,7-8,11-14,17,20,24-25H,2-3,5-6,9-10,15-16,18H2,1H3,(H2,30,38)/t20-,24+,25+/m0/s1. The van der Waals surface area contributed by atoms with Gasteiger partial charge in [-0.25, -0.2) is 13.9 Å². The van der Waals surface area contributed by atoms with Crippen LogP contribution in [0.5, 0.6) is 0 Å². The van der Waals surface area contributed by atoms with E-state index in [1.807, 2.05) is 41.3 Å². The number of anilines is 1. The lowest BCUT2D eigenvalue weighted by atomic mass is 9.81. The van der Waals surface area contributed by atoms with Crippen LogP contribution in [0.4, 0.5) is 14.9 Å². The first-order chi connectivity index (χ1) is 18.4. The maximum absolute atomic E-state index is 13.9. The van der Waals surface area contributed by atoms with Gasteiger partial charge in [-0.15, -0.1) is 5.10 Å². The minimum absolute atomic E-state index is 0.0958. The van der Waals surface area contributed by atoms with Crippen LogP contribution < -0.4 is 10.6 Å². The molecule has 38 heavy (non-hydrogen) atoms. The Morgan fingerprint density at radius 1 is 1.08 bits per heavy atom. The number of aromatic nitrogens is 4. The molecule has 1 aliphatic carbocycles. The third-order valence-corrected chi connectivity index (χ3v) is 7.89. The molecule has 2 aliphatic rings. The molecule has 2 aromatic carbocycles. The van der Waals surface area contributed by atoms with Crippen LogP contribution in [0.1, 0.15) is 44.1 Å². The maximum atomic E-state index is 13.9. The quantitative estimate of drug-likeness (QED) is 0.530. The molecule has 0 radical (unpaired) electrons. The highest BCUT2D eigenvalue weighted by Crippen LogP contribution is 2.35. The van der Waals surface area contributed by atoms with Crippen molar-refractivity contribution in [3.05, 3.63) is 59.9 Å². The summed E-state index contributed by atoms with van der Waals surface area (Å²) in [7, 11) is 1.76. The average Bonchev–Trinajstić information content (AvgIpc) is 3.36. The van der Waals surface area contributed by atoms with Crippen LogP contribution in [0.25, 0.3) is 11.4 Å². The predicted octanol–water partition coefficient (Wildman–Crippen LogP) is 3.94. The monoisotopic (exact) mass is 519 g/mol. The number of carbonyl (C=O) groups excluding carboxylic acids is 2. The molecule has 2 fully saturated rings. The van der Waals surface area contributed by atoms with Crippen LogP contribution in [0.3, 0.4) is 0 Å². The van der Waals surface area contributed by atoms with Gasteiger partial charge < -0.3 is 10.6 Å². The third-order valence-electron chi connectivity index (χ3n) is 7.89. The predicted molar refractivity (Wildman–Crippen MR) is 141 cm³/mol. The number of rotatable bonds is 6. The van der Waals surface area contributed by atoms with E-state index in [2.05, 4.69) is 15.5 Å². The van der Waals surface area contributed by atoms with Crippen LogP contribution >= 0.6 is 0 Å². The second-order valence-electron chi connectivity index (χ2n) is 10.5. The molecule has 1 aromatic heterocycles. The minimum Gasteiger partial charge on any atom is -0.351 e. The fourth-order valence-electron chi connectivity index (χ4n) is 6.08. The largest absolute Gasteiger partial charge is 0.351 e. The number of nitrogens with two attached hydrogens (primary N) is 1. The van der Waals surface area contributed by atoms with Crippen molar-refractivity contribution in [2.24, 2.45) is 24.6 Å². The molecule has 0 unspecified atom stereocenters. The number of nitrogens with zero attached hydrogens (tertiary/aromatic N) is 6. The van der Waals surface area contributed by atoms with Gasteiger partial charge in [0, 0.05) is 31.4 Å². The van der Waals surface area contributed by atoms with E-state index in [0.29, 0.717) is 36.9 Å². The van der Waals surface area contributed by atoms with E-state index in [-0.39, 0.29) is 23.7 Å². The fraction of sp³-hybridized carbons (Fsp3) is 0.464. The smallest absolute Gasteiger partial charge is 0.319 e. The van der Waals surface area contributed by atoms with Gasteiger partial charge in [-0.05, 0) is 78.3 Å². The number of aryl methyl sites for hydroxylation is 1. The highest BCUT2D eigenvalue weighted by molar-refractivity contribution is 5.93. The summed E-state index contributed by atoms with van der Waals surface area (Å²) in [6.45, 7) is 1.39. The molecule has 1 aliphatic heterocycles. The number of primary amides is 1. The summed E-state index contributed by atoms with van der Waals surface area (Å²) in [5, 5.41) is 11.7. The molecule has 9 nitrogen and oxygen atoms in total. The van der Waals surface area contributed by atoms with Gasteiger partial charge in [-0.1, -0.05) is 37.1 Å². The number of carbonyl (C=O) groups is 2. The number of urea groups is 1. The van der Waals surface area contributed by atoms with Crippen LogP contribution in [-0.4, -0.2) is 56.2 Å². The maximum Gasteiger partial charge on any atom is 0.319 e. The number of benzene rings is 2. The lowest BCUT2D eigenvalue weighted by Gasteiger charge is -2.42. The minimum atomic E-state index is -0.573. The number of piperidine rings is 1. The number of hydrogen-bond donors (Lipinski definition) is 1. The Morgan fingerprint density at radius 2 is 1.87 bits per heavy atom. The van der Waals surface area contributed by atoms with Gasteiger partial charge in [0.05, 0.1) is 12.0 Å². The molecule has 5 rings (SSSR count). The molecular formula is C28H34FN7O2. The molecule has 1 saturated heterocycles. The van der Waals surface area contributed by atoms with E-state index >= 15 is 0 Å². The van der Waals surface area contributed by atoms with E-state index < -0.39 is 6.03 Å². The molecule has 200 valence electrons. The number of tetrazole rings is 1. The third kappa shape index (κ3) is 5.54. The van der Waals surface area contributed by atoms with Crippen molar-refractivity contribution in [2.75, 3.05) is 18.0 Å². The summed E-state index contributed by atoms with van der Waals surface area (Å²) >= 11 is 0. The highest BCUT2D eigenvalue weighted by Gasteiger charge is 2.40. The van der Waals surface area contributed by atoms with Crippen LogP contribution in [0.15, 0.2) is 48.5 Å². The van der Waals surface area contributed by atoms with Gasteiger partial charge >= 0.3 is 6.03 Å². The highest BCUT2D eigenvalue weighted by atomic mass is 19.1. The van der Waals surface area contributed by atoms with Gasteiger partial charge in [0.25, 0.3) is 0 Å². The Labute approximate surface area is 221 Å². The van der Waals surface area contributed by atoms with E-state index in [9.17, 15) is 14.0 Å². The van der Waals surface area contributed by atoms with Gasteiger partial charge in [-0.3, -0.25) is 9.69 Å². The second kappa shape index (κ2) is 11.3. The van der Waals surface area contributed by atoms with Gasteiger partial charge in [0.2, 0.25) is 5.91 Å². The summed E-state index contributed by atoms with van der Waals surface area (Å²) in [4.78, 5) is 30.3. The Bertz CT molecular complexity index is 1280. The molecule has 10 heteroatoms. The summed E-state index contributed by atoms with van der Waals surface area (Å²) < 4.78 is 14.9. The first kappa shape index (κ1) is 25.8.